The van der Waals surface area contributed by atoms with Gasteiger partial charge in [0.25, 0.3) is 0 Å². The minimum atomic E-state index is 0. The minimum absolute atomic E-state index is 0. The number of hydrogen-bond donors (Lipinski definition) is 0. The van der Waals surface area contributed by atoms with Gasteiger partial charge in [-0.1, -0.05) is 7.43 Å². The highest BCUT2D eigenvalue weighted by Crippen LogP contribution is 1.75. The molecule has 0 spiro atoms. The van der Waals surface area contributed by atoms with Gasteiger partial charge in [0.1, 0.15) is 0 Å². The summed E-state index contributed by atoms with van der Waals surface area (Å²) in [6.45, 7) is 17.4. The van der Waals surface area contributed by atoms with Crippen molar-refractivity contribution in [3.05, 3.63) is 28.4 Å². The van der Waals surface area contributed by atoms with Gasteiger partial charge in [-0.2, -0.15) is 0 Å². The number of ether oxygens (including phenoxy) is 6. The van der Waals surface area contributed by atoms with Gasteiger partial charge in [0, 0.05) is 33.5 Å². The fourth-order valence-corrected chi connectivity index (χ4v) is 0.871. The Bertz CT molecular complexity index is 123. The Morgan fingerprint density at radius 1 is 0.652 bits per heavy atom. The largest absolute Gasteiger partial charge is 0.382 e. The SMILES string of the molecule is [CH2]COCCOC.[CH2]COCCOCC.[CH2]OCCOCC.[CH3]. The molecule has 0 saturated carbocycles. The van der Waals surface area contributed by atoms with Crippen LogP contribution in [0.2, 0.25) is 0 Å². The number of rotatable bonds is 13. The Morgan fingerprint density at radius 3 is 1.39 bits per heavy atom. The van der Waals surface area contributed by atoms with Gasteiger partial charge in [-0.05, 0) is 27.7 Å². The summed E-state index contributed by atoms with van der Waals surface area (Å²) in [5.41, 5.74) is 0. The number of methoxy groups -OCH3 is 1. The molecule has 0 aliphatic rings. The summed E-state index contributed by atoms with van der Waals surface area (Å²) in [5.74, 6) is 0. The first-order chi connectivity index (χ1) is 10.7. The molecular formula is C17H38O6. The molecule has 0 atom stereocenters. The molecule has 0 saturated heterocycles. The van der Waals surface area contributed by atoms with Gasteiger partial charge in [-0.25, -0.2) is 0 Å². The van der Waals surface area contributed by atoms with E-state index in [0.29, 0.717) is 52.9 Å². The van der Waals surface area contributed by atoms with E-state index in [1.807, 2.05) is 13.8 Å². The van der Waals surface area contributed by atoms with Gasteiger partial charge >= 0.3 is 0 Å². The highest BCUT2D eigenvalue weighted by molar-refractivity contribution is 4.31. The number of hydrogen-bond acceptors (Lipinski definition) is 6. The molecular weight excluding hydrogens is 300 g/mol. The molecule has 0 N–H and O–H groups in total. The molecule has 0 amide bonds. The van der Waals surface area contributed by atoms with Crippen LogP contribution in [0.1, 0.15) is 13.8 Å². The van der Waals surface area contributed by atoms with E-state index in [2.05, 4.69) is 25.7 Å². The molecule has 4 radical (unpaired) electrons. The molecule has 6 nitrogen and oxygen atoms in total. The van der Waals surface area contributed by atoms with E-state index in [0.717, 1.165) is 13.2 Å². The molecule has 0 heterocycles. The summed E-state index contributed by atoms with van der Waals surface area (Å²) in [5, 5.41) is 0. The van der Waals surface area contributed by atoms with E-state index in [-0.39, 0.29) is 7.43 Å². The van der Waals surface area contributed by atoms with Gasteiger partial charge in [-0.15, -0.1) is 0 Å². The Morgan fingerprint density at radius 2 is 1.04 bits per heavy atom. The first-order valence-corrected chi connectivity index (χ1v) is 7.50. The monoisotopic (exact) mass is 338 g/mol. The molecule has 0 rings (SSSR count). The second-order valence-corrected chi connectivity index (χ2v) is 3.52. The fourth-order valence-electron chi connectivity index (χ4n) is 0.871. The predicted octanol–water partition coefficient (Wildman–Crippen LogP) is 2.64. The maximum Gasteiger partial charge on any atom is 0.0701 e. The van der Waals surface area contributed by atoms with Gasteiger partial charge in [0.2, 0.25) is 0 Å². The van der Waals surface area contributed by atoms with Crippen LogP contribution in [0.4, 0.5) is 0 Å². The van der Waals surface area contributed by atoms with E-state index in [9.17, 15) is 0 Å². The molecule has 0 unspecified atom stereocenters. The molecule has 0 aromatic heterocycles. The lowest BCUT2D eigenvalue weighted by Crippen LogP contribution is -2.02. The molecule has 0 bridgehead atoms. The van der Waals surface area contributed by atoms with Gasteiger partial charge < -0.3 is 28.4 Å². The lowest BCUT2D eigenvalue weighted by molar-refractivity contribution is 0.0638. The smallest absolute Gasteiger partial charge is 0.0701 e. The summed E-state index contributed by atoms with van der Waals surface area (Å²) in [4.78, 5) is 0. The first kappa shape index (κ1) is 30.6. The van der Waals surface area contributed by atoms with Crippen molar-refractivity contribution in [3.8, 4) is 0 Å². The van der Waals surface area contributed by atoms with E-state index >= 15 is 0 Å². The zero-order valence-corrected chi connectivity index (χ0v) is 15.6. The first-order valence-electron chi connectivity index (χ1n) is 7.50. The van der Waals surface area contributed by atoms with Crippen LogP contribution in [0.3, 0.4) is 0 Å². The third kappa shape index (κ3) is 52.2. The van der Waals surface area contributed by atoms with Gasteiger partial charge in [0.15, 0.2) is 0 Å². The third-order valence-electron chi connectivity index (χ3n) is 1.87. The zero-order chi connectivity index (χ0) is 17.3. The van der Waals surface area contributed by atoms with Crippen molar-refractivity contribution in [1.29, 1.82) is 0 Å². The Labute approximate surface area is 144 Å². The van der Waals surface area contributed by atoms with E-state index < -0.39 is 0 Å². The Hall–Kier alpha value is -0.240. The normalized spacial score (nSPS) is 9.13. The summed E-state index contributed by atoms with van der Waals surface area (Å²) < 4.78 is 28.8. The van der Waals surface area contributed by atoms with Crippen LogP contribution in [0.5, 0.6) is 0 Å². The van der Waals surface area contributed by atoms with Gasteiger partial charge in [-0.3, -0.25) is 0 Å². The predicted molar refractivity (Wildman–Crippen MR) is 94.9 cm³/mol. The Balaban J connectivity index is -0.000000116. The van der Waals surface area contributed by atoms with Crippen LogP contribution < -0.4 is 0 Å². The van der Waals surface area contributed by atoms with Crippen LogP contribution in [0.15, 0.2) is 0 Å². The maximum atomic E-state index is 4.98. The lowest BCUT2D eigenvalue weighted by atomic mass is 10.7. The fraction of sp³-hybridized carbons (Fsp3) is 0.765. The van der Waals surface area contributed by atoms with Crippen LogP contribution in [-0.4, -0.2) is 73.2 Å². The molecule has 0 aromatic carbocycles. The van der Waals surface area contributed by atoms with E-state index in [1.54, 1.807) is 7.11 Å². The van der Waals surface area contributed by atoms with Crippen molar-refractivity contribution >= 4 is 0 Å². The molecule has 6 heteroatoms. The molecule has 142 valence electrons. The molecule has 0 aliphatic carbocycles. The molecule has 0 aromatic rings. The zero-order valence-electron chi connectivity index (χ0n) is 15.6. The average molecular weight is 338 g/mol. The summed E-state index contributed by atoms with van der Waals surface area (Å²) in [7, 11) is 4.82. The molecule has 23 heavy (non-hydrogen) atoms. The topological polar surface area (TPSA) is 55.4 Å². The van der Waals surface area contributed by atoms with Crippen molar-refractivity contribution < 1.29 is 28.4 Å². The van der Waals surface area contributed by atoms with Crippen molar-refractivity contribution in [1.82, 2.24) is 0 Å². The van der Waals surface area contributed by atoms with Crippen LogP contribution in [-0.2, 0) is 28.4 Å². The van der Waals surface area contributed by atoms with Crippen LogP contribution in [0.25, 0.3) is 0 Å². The highest BCUT2D eigenvalue weighted by atomic mass is 16.5. The second-order valence-electron chi connectivity index (χ2n) is 3.52. The van der Waals surface area contributed by atoms with Crippen molar-refractivity contribution in [2.45, 2.75) is 13.8 Å². The van der Waals surface area contributed by atoms with Crippen LogP contribution in [0, 0.1) is 28.4 Å². The standard InChI is InChI=1S/C6H13O2.2C5H11O2.CH3/c1-3-7-5-6-8-4-2;2*1-3-7-5-4-6-2;/h1,3-6H2,2H3;2-5H2,1H3;1,3-5H2,2H3;1H3. The van der Waals surface area contributed by atoms with E-state index in [4.69, 9.17) is 23.7 Å². The molecule has 0 fully saturated rings. The third-order valence-corrected chi connectivity index (χ3v) is 1.87. The summed E-state index contributed by atoms with van der Waals surface area (Å²) in [6.07, 6.45) is 0. The average Bonchev–Trinajstić information content (AvgIpc) is 2.54. The summed E-state index contributed by atoms with van der Waals surface area (Å²) >= 11 is 0. The summed E-state index contributed by atoms with van der Waals surface area (Å²) in [6, 6.07) is 0. The second kappa shape index (κ2) is 37.8. The minimum Gasteiger partial charge on any atom is -0.382 e. The van der Waals surface area contributed by atoms with Crippen molar-refractivity contribution in [2.75, 3.05) is 73.2 Å². The maximum absolute atomic E-state index is 4.98. The van der Waals surface area contributed by atoms with Crippen molar-refractivity contribution in [2.24, 2.45) is 0 Å². The quantitative estimate of drug-likeness (QED) is 0.481. The van der Waals surface area contributed by atoms with Crippen molar-refractivity contribution in [3.63, 3.8) is 0 Å². The Kier molecular flexibility index (Phi) is 50.3. The van der Waals surface area contributed by atoms with Gasteiger partial charge in [0.05, 0.1) is 46.8 Å². The molecule has 0 aliphatic heterocycles. The van der Waals surface area contributed by atoms with E-state index in [1.165, 1.54) is 0 Å². The highest BCUT2D eigenvalue weighted by Gasteiger charge is 1.81. The lowest BCUT2D eigenvalue weighted by Gasteiger charge is -1.98. The van der Waals surface area contributed by atoms with Crippen LogP contribution >= 0.6 is 0 Å².